The van der Waals surface area contributed by atoms with E-state index in [2.05, 4.69) is 29.4 Å². The lowest BCUT2D eigenvalue weighted by atomic mass is 10.0. The van der Waals surface area contributed by atoms with E-state index in [-0.39, 0.29) is 13.2 Å². The molecule has 0 spiro atoms. The number of benzene rings is 1. The van der Waals surface area contributed by atoms with Crippen molar-refractivity contribution in [2.75, 3.05) is 0 Å². The molecule has 0 bridgehead atoms. The van der Waals surface area contributed by atoms with Crippen LogP contribution in [-0.2, 0) is 19.8 Å². The Kier molecular flexibility index (Phi) is 4.15. The number of hydrogen-bond donors (Lipinski definition) is 2. The molecule has 2 aromatic heterocycles. The zero-order valence-corrected chi connectivity index (χ0v) is 12.3. The van der Waals surface area contributed by atoms with Gasteiger partial charge in [0, 0.05) is 16.6 Å². The maximum absolute atomic E-state index is 9.32. The number of aliphatic hydroxyl groups is 2. The Morgan fingerprint density at radius 3 is 2.48 bits per heavy atom. The zero-order chi connectivity index (χ0) is 14.7. The van der Waals surface area contributed by atoms with Crippen LogP contribution in [0.3, 0.4) is 0 Å². The zero-order valence-electron chi connectivity index (χ0n) is 11.4. The van der Waals surface area contributed by atoms with Gasteiger partial charge in [0.2, 0.25) is 0 Å². The molecule has 0 aliphatic heterocycles. The van der Waals surface area contributed by atoms with E-state index in [1.165, 1.54) is 0 Å². The van der Waals surface area contributed by atoms with Gasteiger partial charge in [-0.15, -0.1) is 11.3 Å². The van der Waals surface area contributed by atoms with Crippen LogP contribution in [0.2, 0.25) is 0 Å². The number of thiophene rings is 1. The summed E-state index contributed by atoms with van der Waals surface area (Å²) < 4.78 is 1.81. The number of rotatable bonds is 5. The van der Waals surface area contributed by atoms with Gasteiger partial charge in [0.1, 0.15) is 0 Å². The molecule has 1 aromatic carbocycles. The van der Waals surface area contributed by atoms with Crippen molar-refractivity contribution in [3.8, 4) is 11.1 Å². The van der Waals surface area contributed by atoms with Crippen LogP contribution in [0.25, 0.3) is 11.1 Å². The van der Waals surface area contributed by atoms with Gasteiger partial charge >= 0.3 is 0 Å². The first-order valence-corrected chi connectivity index (χ1v) is 7.57. The molecule has 0 saturated heterocycles. The minimum Gasteiger partial charge on any atom is -0.392 e. The molecule has 2 N–H and O–H groups in total. The number of aliphatic hydroxyl groups excluding tert-OH is 2. The molecule has 21 heavy (non-hydrogen) atoms. The summed E-state index contributed by atoms with van der Waals surface area (Å²) in [6, 6.07) is 10.3. The summed E-state index contributed by atoms with van der Waals surface area (Å²) in [5, 5.41) is 24.6. The van der Waals surface area contributed by atoms with Crippen LogP contribution in [0.4, 0.5) is 0 Å². The van der Waals surface area contributed by atoms with Gasteiger partial charge in [0.25, 0.3) is 0 Å². The van der Waals surface area contributed by atoms with Crippen molar-refractivity contribution in [3.63, 3.8) is 0 Å². The van der Waals surface area contributed by atoms with E-state index in [9.17, 15) is 5.11 Å². The van der Waals surface area contributed by atoms with E-state index in [1.807, 2.05) is 22.3 Å². The maximum Gasteiger partial charge on any atom is 0.0780 e. The minimum absolute atomic E-state index is 0.0149. The largest absolute Gasteiger partial charge is 0.392 e. The summed E-state index contributed by atoms with van der Waals surface area (Å²) in [5.41, 5.74) is 4.17. The van der Waals surface area contributed by atoms with Crippen LogP contribution in [0.15, 0.2) is 48.1 Å². The minimum atomic E-state index is 0.0149. The van der Waals surface area contributed by atoms with Gasteiger partial charge < -0.3 is 10.2 Å². The summed E-state index contributed by atoms with van der Waals surface area (Å²) >= 11 is 1.57. The van der Waals surface area contributed by atoms with E-state index >= 15 is 0 Å². The van der Waals surface area contributed by atoms with Gasteiger partial charge in [-0.05, 0) is 28.1 Å². The first-order chi connectivity index (χ1) is 10.3. The second-order valence-electron chi connectivity index (χ2n) is 4.82. The highest BCUT2D eigenvalue weighted by Crippen LogP contribution is 2.28. The second-order valence-corrected chi connectivity index (χ2v) is 5.82. The summed E-state index contributed by atoms with van der Waals surface area (Å²) in [7, 11) is 0. The summed E-state index contributed by atoms with van der Waals surface area (Å²) in [6.45, 7) is 0.768. The van der Waals surface area contributed by atoms with Crippen LogP contribution in [0.1, 0.15) is 16.0 Å². The molecule has 5 heteroatoms. The highest BCUT2D eigenvalue weighted by atomic mass is 32.1. The molecule has 2 heterocycles. The highest BCUT2D eigenvalue weighted by molar-refractivity contribution is 7.10. The SMILES string of the molecule is OCc1cnn(Cc2ccc(-c3ccsc3CO)cc2)c1. The van der Waals surface area contributed by atoms with Gasteiger partial charge in [0.15, 0.2) is 0 Å². The van der Waals surface area contributed by atoms with Gasteiger partial charge in [-0.3, -0.25) is 4.68 Å². The lowest BCUT2D eigenvalue weighted by Crippen LogP contribution is -1.99. The molecular formula is C16H16N2O2S. The third-order valence-electron chi connectivity index (χ3n) is 3.37. The van der Waals surface area contributed by atoms with Crippen molar-refractivity contribution in [3.05, 3.63) is 64.1 Å². The molecule has 0 aliphatic carbocycles. The van der Waals surface area contributed by atoms with Crippen LogP contribution in [0, 0.1) is 0 Å². The first kappa shape index (κ1) is 14.0. The first-order valence-electron chi connectivity index (χ1n) is 6.69. The van der Waals surface area contributed by atoms with Gasteiger partial charge in [-0.1, -0.05) is 24.3 Å². The lowest BCUT2D eigenvalue weighted by molar-refractivity contribution is 0.281. The monoisotopic (exact) mass is 300 g/mol. The molecule has 0 fully saturated rings. The van der Waals surface area contributed by atoms with Crippen LogP contribution >= 0.6 is 11.3 Å². The molecule has 0 atom stereocenters. The van der Waals surface area contributed by atoms with Crippen molar-refractivity contribution in [2.45, 2.75) is 19.8 Å². The van der Waals surface area contributed by atoms with Crippen molar-refractivity contribution >= 4 is 11.3 Å². The molecule has 0 radical (unpaired) electrons. The molecule has 4 nitrogen and oxygen atoms in total. The third-order valence-corrected chi connectivity index (χ3v) is 4.27. The topological polar surface area (TPSA) is 58.3 Å². The van der Waals surface area contributed by atoms with Crippen molar-refractivity contribution in [1.29, 1.82) is 0 Å². The molecule has 3 aromatic rings. The Morgan fingerprint density at radius 2 is 1.81 bits per heavy atom. The Labute approximate surface area is 126 Å². The molecular weight excluding hydrogens is 284 g/mol. The van der Waals surface area contributed by atoms with Crippen LogP contribution < -0.4 is 0 Å². The van der Waals surface area contributed by atoms with E-state index in [1.54, 1.807) is 17.5 Å². The van der Waals surface area contributed by atoms with Crippen molar-refractivity contribution in [2.24, 2.45) is 0 Å². The van der Waals surface area contributed by atoms with E-state index in [4.69, 9.17) is 5.11 Å². The fourth-order valence-electron chi connectivity index (χ4n) is 2.27. The normalized spacial score (nSPS) is 11.0. The maximum atomic E-state index is 9.32. The molecule has 3 rings (SSSR count). The lowest BCUT2D eigenvalue weighted by Gasteiger charge is -2.05. The average Bonchev–Trinajstić information content (AvgIpc) is 3.16. The molecule has 0 saturated carbocycles. The Hall–Kier alpha value is -1.95. The average molecular weight is 300 g/mol. The quantitative estimate of drug-likeness (QED) is 0.761. The number of aromatic nitrogens is 2. The molecule has 0 amide bonds. The summed E-state index contributed by atoms with van der Waals surface area (Å²) in [4.78, 5) is 0.988. The molecule has 0 unspecified atom stereocenters. The Bertz CT molecular complexity index is 716. The summed E-state index contributed by atoms with van der Waals surface area (Å²) in [6.07, 6.45) is 3.52. The Morgan fingerprint density at radius 1 is 1.00 bits per heavy atom. The number of nitrogens with zero attached hydrogens (tertiary/aromatic N) is 2. The van der Waals surface area contributed by atoms with Gasteiger partial charge in [0.05, 0.1) is 26.0 Å². The standard InChI is InChI=1S/C16H16N2O2S/c19-10-13-7-17-18(9-13)8-12-1-3-14(4-2-12)15-5-6-21-16(15)11-20/h1-7,9,19-20H,8,10-11H2. The highest BCUT2D eigenvalue weighted by Gasteiger charge is 2.06. The smallest absolute Gasteiger partial charge is 0.0780 e. The third kappa shape index (κ3) is 3.05. The Balaban J connectivity index is 1.77. The predicted molar refractivity (Wildman–Crippen MR) is 82.9 cm³/mol. The molecule has 0 aliphatic rings. The summed E-state index contributed by atoms with van der Waals surface area (Å²) in [5.74, 6) is 0. The van der Waals surface area contributed by atoms with E-state index in [0.717, 1.165) is 27.1 Å². The van der Waals surface area contributed by atoms with Crippen LogP contribution in [-0.4, -0.2) is 20.0 Å². The van der Waals surface area contributed by atoms with E-state index < -0.39 is 0 Å². The fraction of sp³-hybridized carbons (Fsp3) is 0.188. The van der Waals surface area contributed by atoms with Crippen molar-refractivity contribution in [1.82, 2.24) is 9.78 Å². The van der Waals surface area contributed by atoms with Gasteiger partial charge in [-0.2, -0.15) is 5.10 Å². The number of hydrogen-bond acceptors (Lipinski definition) is 4. The van der Waals surface area contributed by atoms with E-state index in [0.29, 0.717) is 6.54 Å². The predicted octanol–water partition coefficient (Wildman–Crippen LogP) is 2.64. The van der Waals surface area contributed by atoms with Crippen LogP contribution in [0.5, 0.6) is 0 Å². The second kappa shape index (κ2) is 6.22. The van der Waals surface area contributed by atoms with Crippen molar-refractivity contribution < 1.29 is 10.2 Å². The fourth-order valence-corrected chi connectivity index (χ4v) is 3.03. The van der Waals surface area contributed by atoms with Gasteiger partial charge in [-0.25, -0.2) is 0 Å². The molecule has 108 valence electrons.